The van der Waals surface area contributed by atoms with Crippen molar-refractivity contribution in [1.29, 1.82) is 0 Å². The molecular formula is C43H68O2. The van der Waals surface area contributed by atoms with Gasteiger partial charge in [0.05, 0.1) is 0 Å². The van der Waals surface area contributed by atoms with Gasteiger partial charge >= 0.3 is 0 Å². The standard InChI is InChI=1S/C43H68O2/c1-6-10-12-14-16-17-19-21-26-36-31-37(33-40(42(36)45)34(9-4)25-20-18-15-13-11-7-2)43(5)30-23-22-27-41(43)39-29-28-38(44)32-35(39)24-8-3/h28-29,31-34,45H,6-27,30H2,1-5H3. The van der Waals surface area contributed by atoms with Gasteiger partial charge < -0.3 is 5.11 Å². The summed E-state index contributed by atoms with van der Waals surface area (Å²) in [4.78, 5) is 12.4. The lowest BCUT2D eigenvalue weighted by atomic mass is 9.64. The summed E-state index contributed by atoms with van der Waals surface area (Å²) in [6.07, 6.45) is 33.9. The topological polar surface area (TPSA) is 37.3 Å². The summed E-state index contributed by atoms with van der Waals surface area (Å²) in [6, 6.07) is 4.81. The van der Waals surface area contributed by atoms with Crippen LogP contribution in [-0.2, 0) is 16.6 Å². The number of aromatic hydroxyl groups is 1. The Hall–Kier alpha value is -2.09. The first-order valence-electron chi connectivity index (χ1n) is 19.4. The molecule has 0 aliphatic heterocycles. The van der Waals surface area contributed by atoms with E-state index < -0.39 is 0 Å². The number of hydrogen-bond donors (Lipinski definition) is 1. The number of carbonyl (C=O) groups is 1. The van der Waals surface area contributed by atoms with Crippen LogP contribution in [-0.4, -0.2) is 10.9 Å². The Bertz CT molecular complexity index is 1130. The van der Waals surface area contributed by atoms with Crippen molar-refractivity contribution < 1.29 is 9.90 Å². The highest BCUT2D eigenvalue weighted by Gasteiger charge is 2.37. The maximum absolute atomic E-state index is 12.4. The summed E-state index contributed by atoms with van der Waals surface area (Å²) in [6.45, 7) is 11.6. The first-order valence-corrected chi connectivity index (χ1v) is 19.4. The lowest BCUT2D eigenvalue weighted by Crippen LogP contribution is -2.30. The molecule has 2 heteroatoms. The average molecular weight is 617 g/mol. The Kier molecular flexibility index (Phi) is 16.8. The SMILES string of the molecule is CCCCCCCCCCc1cc(C2(C)CCCCC2=C2C=CC(=O)C=C2CCC)cc(C(CC)CCCCCCCC)c1O. The molecule has 1 aromatic carbocycles. The number of phenolic OH excluding ortho intramolecular Hbond substituents is 1. The summed E-state index contributed by atoms with van der Waals surface area (Å²) in [7, 11) is 0. The lowest BCUT2D eigenvalue weighted by molar-refractivity contribution is -0.110. The number of phenols is 1. The van der Waals surface area contributed by atoms with E-state index in [4.69, 9.17) is 0 Å². The van der Waals surface area contributed by atoms with Crippen molar-refractivity contribution in [3.8, 4) is 5.75 Å². The average Bonchev–Trinajstić information content (AvgIpc) is 3.03. The van der Waals surface area contributed by atoms with Crippen molar-refractivity contribution in [1.82, 2.24) is 0 Å². The highest BCUT2D eigenvalue weighted by atomic mass is 16.3. The van der Waals surface area contributed by atoms with Crippen LogP contribution in [0.2, 0.25) is 0 Å². The second-order valence-corrected chi connectivity index (χ2v) is 14.5. The summed E-state index contributed by atoms with van der Waals surface area (Å²) in [5.41, 5.74) is 7.74. The van der Waals surface area contributed by atoms with Gasteiger partial charge in [0, 0.05) is 5.41 Å². The Morgan fingerprint density at radius 1 is 0.756 bits per heavy atom. The smallest absolute Gasteiger partial charge is 0.178 e. The van der Waals surface area contributed by atoms with Crippen LogP contribution < -0.4 is 0 Å². The number of unbranched alkanes of at least 4 members (excludes halogenated alkanes) is 12. The van der Waals surface area contributed by atoms with Gasteiger partial charge in [-0.25, -0.2) is 0 Å². The van der Waals surface area contributed by atoms with E-state index in [0.29, 0.717) is 11.7 Å². The first-order chi connectivity index (χ1) is 21.9. The third-order valence-corrected chi connectivity index (χ3v) is 10.9. The molecule has 0 heterocycles. The second-order valence-electron chi connectivity index (χ2n) is 14.5. The van der Waals surface area contributed by atoms with Crippen molar-refractivity contribution >= 4 is 5.78 Å². The molecule has 2 aliphatic rings. The number of rotatable bonds is 21. The number of benzene rings is 1. The van der Waals surface area contributed by atoms with Gasteiger partial charge in [0.2, 0.25) is 0 Å². The van der Waals surface area contributed by atoms with Crippen LogP contribution in [0.3, 0.4) is 0 Å². The molecule has 1 N–H and O–H groups in total. The molecule has 2 aliphatic carbocycles. The summed E-state index contributed by atoms with van der Waals surface area (Å²) < 4.78 is 0. The second kappa shape index (κ2) is 20.2. The lowest BCUT2D eigenvalue weighted by Gasteiger charge is -2.40. The molecule has 0 radical (unpaired) electrons. The van der Waals surface area contributed by atoms with E-state index in [1.165, 1.54) is 130 Å². The predicted molar refractivity (Wildman–Crippen MR) is 195 cm³/mol. The normalized spacial score (nSPS) is 20.9. The molecule has 1 saturated carbocycles. The van der Waals surface area contributed by atoms with Crippen LogP contribution in [0.4, 0.5) is 0 Å². The van der Waals surface area contributed by atoms with Gasteiger partial charge in [-0.15, -0.1) is 0 Å². The molecule has 0 amide bonds. The van der Waals surface area contributed by atoms with Gasteiger partial charge in [0.15, 0.2) is 5.78 Å². The minimum absolute atomic E-state index is 0.0833. The molecule has 2 unspecified atom stereocenters. The van der Waals surface area contributed by atoms with Crippen molar-refractivity contribution in [3.05, 3.63) is 63.8 Å². The van der Waals surface area contributed by atoms with E-state index in [9.17, 15) is 9.90 Å². The van der Waals surface area contributed by atoms with E-state index in [0.717, 1.165) is 51.4 Å². The first kappa shape index (κ1) is 37.4. The van der Waals surface area contributed by atoms with Crippen molar-refractivity contribution in [3.63, 3.8) is 0 Å². The number of ketones is 1. The molecule has 252 valence electrons. The van der Waals surface area contributed by atoms with E-state index in [-0.39, 0.29) is 11.2 Å². The Morgan fingerprint density at radius 3 is 2.04 bits per heavy atom. The zero-order valence-electron chi connectivity index (χ0n) is 30.1. The Morgan fingerprint density at radius 2 is 1.40 bits per heavy atom. The van der Waals surface area contributed by atoms with Crippen LogP contribution >= 0.6 is 0 Å². The van der Waals surface area contributed by atoms with Gasteiger partial charge in [0.25, 0.3) is 0 Å². The van der Waals surface area contributed by atoms with E-state index in [2.05, 4.69) is 52.8 Å². The molecule has 2 atom stereocenters. The van der Waals surface area contributed by atoms with Crippen molar-refractivity contribution in [2.75, 3.05) is 0 Å². The molecule has 1 fully saturated rings. The van der Waals surface area contributed by atoms with Gasteiger partial charge in [0.1, 0.15) is 5.75 Å². The number of allylic oxidation sites excluding steroid dienone is 6. The monoisotopic (exact) mass is 617 g/mol. The number of carbonyl (C=O) groups excluding carboxylic acids is 1. The van der Waals surface area contributed by atoms with E-state index in [1.807, 2.05) is 6.08 Å². The molecule has 0 saturated heterocycles. The van der Waals surface area contributed by atoms with Gasteiger partial charge in [-0.05, 0) is 97.3 Å². The van der Waals surface area contributed by atoms with E-state index >= 15 is 0 Å². The van der Waals surface area contributed by atoms with Gasteiger partial charge in [-0.1, -0.05) is 155 Å². The minimum Gasteiger partial charge on any atom is -0.507 e. The fourth-order valence-electron chi connectivity index (χ4n) is 8.04. The molecule has 45 heavy (non-hydrogen) atoms. The number of hydrogen-bond acceptors (Lipinski definition) is 2. The fraction of sp³-hybridized carbons (Fsp3) is 0.698. The molecule has 0 spiro atoms. The molecule has 3 rings (SSSR count). The fourth-order valence-corrected chi connectivity index (χ4v) is 8.04. The Labute approximate surface area is 278 Å². The quantitative estimate of drug-likeness (QED) is 0.140. The van der Waals surface area contributed by atoms with Crippen LogP contribution in [0.15, 0.2) is 47.1 Å². The largest absolute Gasteiger partial charge is 0.507 e. The molecule has 0 aromatic heterocycles. The summed E-state index contributed by atoms with van der Waals surface area (Å²) in [5.74, 6) is 1.11. The molecule has 1 aromatic rings. The zero-order chi connectivity index (χ0) is 32.5. The van der Waals surface area contributed by atoms with Crippen LogP contribution in [0.25, 0.3) is 0 Å². The van der Waals surface area contributed by atoms with Crippen LogP contribution in [0, 0.1) is 0 Å². The number of aryl methyl sites for hydroxylation is 1. The summed E-state index contributed by atoms with van der Waals surface area (Å²) in [5, 5.41) is 11.9. The highest BCUT2D eigenvalue weighted by Crippen LogP contribution is 2.49. The van der Waals surface area contributed by atoms with Crippen LogP contribution in [0.1, 0.15) is 198 Å². The van der Waals surface area contributed by atoms with Crippen molar-refractivity contribution in [2.24, 2.45) is 0 Å². The molecular weight excluding hydrogens is 548 g/mol. The van der Waals surface area contributed by atoms with Crippen molar-refractivity contribution in [2.45, 2.75) is 194 Å². The zero-order valence-corrected chi connectivity index (χ0v) is 30.1. The third kappa shape index (κ3) is 11.0. The summed E-state index contributed by atoms with van der Waals surface area (Å²) >= 11 is 0. The highest BCUT2D eigenvalue weighted by molar-refractivity contribution is 6.02. The van der Waals surface area contributed by atoms with Crippen LogP contribution in [0.5, 0.6) is 5.75 Å². The maximum atomic E-state index is 12.4. The minimum atomic E-state index is -0.0833. The third-order valence-electron chi connectivity index (χ3n) is 10.9. The van der Waals surface area contributed by atoms with Gasteiger partial charge in [-0.2, -0.15) is 0 Å². The predicted octanol–water partition coefficient (Wildman–Crippen LogP) is 13.3. The molecule has 0 bridgehead atoms. The molecule has 2 nitrogen and oxygen atoms in total. The van der Waals surface area contributed by atoms with E-state index in [1.54, 1.807) is 6.08 Å². The maximum Gasteiger partial charge on any atom is 0.178 e. The Balaban J connectivity index is 1.95. The van der Waals surface area contributed by atoms with Gasteiger partial charge in [-0.3, -0.25) is 4.79 Å².